The van der Waals surface area contributed by atoms with Crippen molar-refractivity contribution in [1.29, 1.82) is 5.26 Å². The molecule has 0 saturated carbocycles. The van der Waals surface area contributed by atoms with Gasteiger partial charge in [0.2, 0.25) is 5.91 Å². The molecular formula is C13H22N4O2. The van der Waals surface area contributed by atoms with Gasteiger partial charge in [-0.15, -0.1) is 0 Å². The zero-order valence-corrected chi connectivity index (χ0v) is 11.8. The minimum absolute atomic E-state index is 0.285. The molecule has 1 unspecified atom stereocenters. The van der Waals surface area contributed by atoms with E-state index in [1.54, 1.807) is 13.8 Å². The van der Waals surface area contributed by atoms with Crippen LogP contribution >= 0.6 is 0 Å². The van der Waals surface area contributed by atoms with Crippen LogP contribution in [0.25, 0.3) is 0 Å². The van der Waals surface area contributed by atoms with E-state index in [0.717, 1.165) is 12.8 Å². The largest absolute Gasteiger partial charge is 0.338 e. The summed E-state index contributed by atoms with van der Waals surface area (Å²) in [5.41, 5.74) is -0.285. The molecule has 6 heteroatoms. The summed E-state index contributed by atoms with van der Waals surface area (Å²) in [4.78, 5) is 25.2. The van der Waals surface area contributed by atoms with E-state index in [0.29, 0.717) is 19.6 Å². The molecule has 0 aromatic rings. The third kappa shape index (κ3) is 4.21. The molecule has 0 aliphatic carbocycles. The average Bonchev–Trinajstić information content (AvgIpc) is 2.39. The van der Waals surface area contributed by atoms with E-state index in [1.165, 1.54) is 0 Å². The lowest BCUT2D eigenvalue weighted by molar-refractivity contribution is -0.125. The molecule has 0 radical (unpaired) electrons. The van der Waals surface area contributed by atoms with E-state index < -0.39 is 6.03 Å². The first-order chi connectivity index (χ1) is 8.91. The second-order valence-corrected chi connectivity index (χ2v) is 5.23. The van der Waals surface area contributed by atoms with Gasteiger partial charge in [0.25, 0.3) is 0 Å². The quantitative estimate of drug-likeness (QED) is 0.793. The summed E-state index contributed by atoms with van der Waals surface area (Å²) in [6, 6.07) is 1.51. The van der Waals surface area contributed by atoms with E-state index in [4.69, 9.17) is 5.26 Å². The van der Waals surface area contributed by atoms with Gasteiger partial charge in [-0.25, -0.2) is 4.79 Å². The summed E-state index contributed by atoms with van der Waals surface area (Å²) >= 11 is 0. The number of urea groups is 1. The highest BCUT2D eigenvalue weighted by atomic mass is 16.2. The number of hydrogen-bond donors (Lipinski definition) is 2. The molecule has 0 aromatic carbocycles. The van der Waals surface area contributed by atoms with Crippen LogP contribution in [0.3, 0.4) is 0 Å². The van der Waals surface area contributed by atoms with Gasteiger partial charge in [0.05, 0.1) is 17.5 Å². The van der Waals surface area contributed by atoms with Crippen LogP contribution in [0.1, 0.15) is 33.6 Å². The standard InChI is InChI=1S/C13H22N4O2/c1-4-15-12(19)16-11(18)10(2)17-7-5-13(3,9-14)6-8-17/h10H,4-8H2,1-3H3,(H2,15,16,18,19). The Morgan fingerprint density at radius 1 is 1.42 bits per heavy atom. The van der Waals surface area contributed by atoms with Crippen molar-refractivity contribution in [2.24, 2.45) is 5.41 Å². The van der Waals surface area contributed by atoms with Crippen LogP contribution in [0.2, 0.25) is 0 Å². The lowest BCUT2D eigenvalue weighted by Crippen LogP contribution is -2.52. The number of nitrogens with one attached hydrogen (secondary N) is 2. The summed E-state index contributed by atoms with van der Waals surface area (Å²) in [6.45, 7) is 7.41. The number of imide groups is 1. The van der Waals surface area contributed by atoms with Gasteiger partial charge in [0, 0.05) is 19.6 Å². The number of carbonyl (C=O) groups excluding carboxylic acids is 2. The maximum Gasteiger partial charge on any atom is 0.321 e. The molecule has 1 rings (SSSR count). The number of rotatable bonds is 3. The van der Waals surface area contributed by atoms with Crippen molar-refractivity contribution >= 4 is 11.9 Å². The first kappa shape index (κ1) is 15.4. The molecule has 0 aromatic heterocycles. The summed E-state index contributed by atoms with van der Waals surface area (Å²) in [5, 5.41) is 13.9. The molecule has 1 fully saturated rings. The van der Waals surface area contributed by atoms with Gasteiger partial charge in [-0.3, -0.25) is 15.0 Å². The van der Waals surface area contributed by atoms with Crippen molar-refractivity contribution in [1.82, 2.24) is 15.5 Å². The topological polar surface area (TPSA) is 85.2 Å². The molecule has 19 heavy (non-hydrogen) atoms. The Labute approximate surface area is 114 Å². The van der Waals surface area contributed by atoms with Crippen molar-refractivity contribution in [2.45, 2.75) is 39.7 Å². The number of nitriles is 1. The Morgan fingerprint density at radius 3 is 2.47 bits per heavy atom. The third-order valence-corrected chi connectivity index (χ3v) is 3.67. The first-order valence-corrected chi connectivity index (χ1v) is 6.66. The lowest BCUT2D eigenvalue weighted by atomic mass is 9.81. The fourth-order valence-corrected chi connectivity index (χ4v) is 2.10. The van der Waals surface area contributed by atoms with Gasteiger partial charge in [0.15, 0.2) is 0 Å². The molecule has 6 nitrogen and oxygen atoms in total. The van der Waals surface area contributed by atoms with Crippen LogP contribution in [0.15, 0.2) is 0 Å². The predicted molar refractivity (Wildman–Crippen MR) is 71.2 cm³/mol. The molecule has 1 aliphatic heterocycles. The van der Waals surface area contributed by atoms with Gasteiger partial charge in [-0.1, -0.05) is 0 Å². The molecule has 0 bridgehead atoms. The molecule has 0 spiro atoms. The predicted octanol–water partition coefficient (Wildman–Crippen LogP) is 0.846. The van der Waals surface area contributed by atoms with Gasteiger partial charge in [-0.2, -0.15) is 5.26 Å². The second kappa shape index (κ2) is 6.53. The molecule has 1 heterocycles. The zero-order valence-electron chi connectivity index (χ0n) is 11.8. The molecule has 3 amide bonds. The van der Waals surface area contributed by atoms with E-state index >= 15 is 0 Å². The zero-order chi connectivity index (χ0) is 14.5. The molecule has 2 N–H and O–H groups in total. The summed E-state index contributed by atoms with van der Waals surface area (Å²) in [5.74, 6) is -0.300. The van der Waals surface area contributed by atoms with Gasteiger partial charge < -0.3 is 5.32 Å². The van der Waals surface area contributed by atoms with Crippen LogP contribution in [-0.4, -0.2) is 42.5 Å². The second-order valence-electron chi connectivity index (χ2n) is 5.23. The van der Waals surface area contributed by atoms with Crippen molar-refractivity contribution in [3.05, 3.63) is 0 Å². The number of hydrogen-bond acceptors (Lipinski definition) is 4. The fourth-order valence-electron chi connectivity index (χ4n) is 2.10. The van der Waals surface area contributed by atoms with Crippen LogP contribution in [0.4, 0.5) is 4.79 Å². The Morgan fingerprint density at radius 2 is 2.00 bits per heavy atom. The Hall–Kier alpha value is -1.61. The average molecular weight is 266 g/mol. The van der Waals surface area contributed by atoms with E-state index in [9.17, 15) is 9.59 Å². The molecule has 1 atom stereocenters. The van der Waals surface area contributed by atoms with Crippen molar-refractivity contribution in [2.75, 3.05) is 19.6 Å². The first-order valence-electron chi connectivity index (χ1n) is 6.66. The molecule has 1 aliphatic rings. The number of amides is 3. The smallest absolute Gasteiger partial charge is 0.321 e. The van der Waals surface area contributed by atoms with Crippen molar-refractivity contribution < 1.29 is 9.59 Å². The van der Waals surface area contributed by atoms with E-state index in [-0.39, 0.29) is 17.4 Å². The minimum atomic E-state index is -0.460. The molecule has 106 valence electrons. The van der Waals surface area contributed by atoms with E-state index in [1.807, 2.05) is 11.8 Å². The van der Waals surface area contributed by atoms with Gasteiger partial charge in [0.1, 0.15) is 0 Å². The number of nitrogens with zero attached hydrogens (tertiary/aromatic N) is 2. The highest BCUT2D eigenvalue weighted by molar-refractivity contribution is 5.96. The Balaban J connectivity index is 2.47. The van der Waals surface area contributed by atoms with Crippen LogP contribution < -0.4 is 10.6 Å². The number of piperidine rings is 1. The fraction of sp³-hybridized carbons (Fsp3) is 0.769. The summed E-state index contributed by atoms with van der Waals surface area (Å²) in [6.07, 6.45) is 1.50. The van der Waals surface area contributed by atoms with E-state index in [2.05, 4.69) is 16.7 Å². The highest BCUT2D eigenvalue weighted by Crippen LogP contribution is 2.30. The lowest BCUT2D eigenvalue weighted by Gasteiger charge is -2.37. The molecule has 1 saturated heterocycles. The Kier molecular flexibility index (Phi) is 5.31. The maximum absolute atomic E-state index is 11.9. The summed E-state index contributed by atoms with van der Waals surface area (Å²) < 4.78 is 0. The van der Waals surface area contributed by atoms with Crippen LogP contribution in [0.5, 0.6) is 0 Å². The highest BCUT2D eigenvalue weighted by Gasteiger charge is 2.33. The monoisotopic (exact) mass is 266 g/mol. The van der Waals surface area contributed by atoms with Gasteiger partial charge >= 0.3 is 6.03 Å². The minimum Gasteiger partial charge on any atom is -0.338 e. The van der Waals surface area contributed by atoms with Crippen LogP contribution in [-0.2, 0) is 4.79 Å². The normalized spacial score (nSPS) is 20.1. The number of likely N-dealkylation sites (tertiary alicyclic amines) is 1. The van der Waals surface area contributed by atoms with Gasteiger partial charge in [-0.05, 0) is 33.6 Å². The van der Waals surface area contributed by atoms with Crippen molar-refractivity contribution in [3.8, 4) is 6.07 Å². The molecular weight excluding hydrogens is 244 g/mol. The SMILES string of the molecule is CCNC(=O)NC(=O)C(C)N1CCC(C)(C#N)CC1. The Bertz CT molecular complexity index is 381. The summed E-state index contributed by atoms with van der Waals surface area (Å²) in [7, 11) is 0. The van der Waals surface area contributed by atoms with Crippen molar-refractivity contribution in [3.63, 3.8) is 0 Å². The van der Waals surface area contributed by atoms with Crippen LogP contribution in [0, 0.1) is 16.7 Å². The maximum atomic E-state index is 11.9. The number of carbonyl (C=O) groups is 2. The third-order valence-electron chi connectivity index (χ3n) is 3.67.